The van der Waals surface area contributed by atoms with Crippen molar-refractivity contribution in [2.75, 3.05) is 6.61 Å². The molecule has 134 valence electrons. The van der Waals surface area contributed by atoms with Crippen molar-refractivity contribution in [2.24, 2.45) is 0 Å². The number of aliphatic hydroxyl groups excluding tert-OH is 6. The minimum atomic E-state index is -2.74. The summed E-state index contributed by atoms with van der Waals surface area (Å²) in [5.74, 6) is -4.53. The van der Waals surface area contributed by atoms with Crippen LogP contribution in [0.2, 0.25) is 0 Å². The number of rotatable bonds is 4. The van der Waals surface area contributed by atoms with Gasteiger partial charge in [0.25, 0.3) is 0 Å². The molecule has 0 amide bonds. The van der Waals surface area contributed by atoms with E-state index in [0.717, 1.165) is 0 Å². The highest BCUT2D eigenvalue weighted by Crippen LogP contribution is 2.36. The predicted molar refractivity (Wildman–Crippen MR) is 67.8 cm³/mol. The molecule has 2 fully saturated rings. The Hall–Kier alpha value is -0.890. The largest absolute Gasteiger partial charge is 0.477 e. The highest BCUT2D eigenvalue weighted by molar-refractivity contribution is 5.77. The minimum Gasteiger partial charge on any atom is -0.477 e. The van der Waals surface area contributed by atoms with Gasteiger partial charge in [-0.1, -0.05) is 0 Å². The second-order valence-electron chi connectivity index (χ2n) is 5.55. The van der Waals surface area contributed by atoms with E-state index in [1.165, 1.54) is 6.92 Å². The summed E-state index contributed by atoms with van der Waals surface area (Å²) in [5.41, 5.74) is 0. The predicted octanol–water partition coefficient (Wildman–Crippen LogP) is -4.28. The Balaban J connectivity index is 2.25. The Morgan fingerprint density at radius 3 is 2.13 bits per heavy atom. The summed E-state index contributed by atoms with van der Waals surface area (Å²) >= 11 is 0. The molecule has 0 unspecified atom stereocenters. The van der Waals surface area contributed by atoms with Crippen LogP contribution < -0.4 is 0 Å². The molecule has 2 rings (SSSR count). The Kier molecular flexibility index (Phi) is 5.25. The molecule has 2 heterocycles. The number of aliphatic hydroxyl groups is 6. The molecule has 11 heteroatoms. The van der Waals surface area contributed by atoms with E-state index < -0.39 is 67.4 Å². The molecule has 0 aromatic carbocycles. The number of carboxylic acids is 1. The smallest absolute Gasteiger partial charge is 0.367 e. The summed E-state index contributed by atoms with van der Waals surface area (Å²) in [6.07, 6.45) is -13.2. The summed E-state index contributed by atoms with van der Waals surface area (Å²) in [5, 5.41) is 67.2. The lowest BCUT2D eigenvalue weighted by Crippen LogP contribution is -2.63. The van der Waals surface area contributed by atoms with Crippen LogP contribution in [0.15, 0.2) is 0 Å². The fourth-order valence-electron chi connectivity index (χ4n) is 2.56. The van der Waals surface area contributed by atoms with E-state index in [1.54, 1.807) is 0 Å². The van der Waals surface area contributed by atoms with Crippen molar-refractivity contribution < 1.29 is 54.8 Å². The van der Waals surface area contributed by atoms with Gasteiger partial charge in [-0.05, 0) is 6.92 Å². The molecule has 23 heavy (non-hydrogen) atoms. The zero-order chi connectivity index (χ0) is 17.5. The topological polar surface area (TPSA) is 186 Å². The maximum absolute atomic E-state index is 11.5. The Labute approximate surface area is 130 Å². The number of ether oxygens (including phenoxy) is 3. The standard InChI is InChI=1S/C12H20O11/c1-3-5(14)9(18)12(22-3,11(19)20)23-10-8(17)7(16)6(15)4(2-13)21-10/h3-10,13-18H,2H2,1H3,(H,19,20)/t3-,4-,5-,6-,7+,8-,9+,10-,12-/m1/s1. The molecule has 11 nitrogen and oxygen atoms in total. The van der Waals surface area contributed by atoms with Gasteiger partial charge in [0.15, 0.2) is 6.29 Å². The van der Waals surface area contributed by atoms with E-state index >= 15 is 0 Å². The summed E-state index contributed by atoms with van der Waals surface area (Å²) in [7, 11) is 0. The average Bonchev–Trinajstić information content (AvgIpc) is 2.73. The first-order chi connectivity index (χ1) is 10.7. The third-order valence-corrected chi connectivity index (χ3v) is 3.99. The van der Waals surface area contributed by atoms with Crippen LogP contribution in [0, 0.1) is 0 Å². The fourth-order valence-corrected chi connectivity index (χ4v) is 2.56. The van der Waals surface area contributed by atoms with Crippen molar-refractivity contribution in [3.05, 3.63) is 0 Å². The average molecular weight is 340 g/mol. The molecule has 9 atom stereocenters. The van der Waals surface area contributed by atoms with Crippen molar-refractivity contribution in [2.45, 2.75) is 61.7 Å². The lowest BCUT2D eigenvalue weighted by molar-refractivity contribution is -0.368. The van der Waals surface area contributed by atoms with Crippen LogP contribution in [0.25, 0.3) is 0 Å². The number of hydrogen-bond donors (Lipinski definition) is 7. The summed E-state index contributed by atoms with van der Waals surface area (Å²) in [6, 6.07) is 0. The van der Waals surface area contributed by atoms with Crippen molar-refractivity contribution in [3.63, 3.8) is 0 Å². The molecule has 0 aromatic heterocycles. The first-order valence-electron chi connectivity index (χ1n) is 6.91. The number of carbonyl (C=O) groups is 1. The molecule has 0 bridgehead atoms. The maximum Gasteiger partial charge on any atom is 0.367 e. The Morgan fingerprint density at radius 1 is 1.09 bits per heavy atom. The van der Waals surface area contributed by atoms with Crippen LogP contribution in [0.4, 0.5) is 0 Å². The monoisotopic (exact) mass is 340 g/mol. The second kappa shape index (κ2) is 6.55. The maximum atomic E-state index is 11.5. The Bertz CT molecular complexity index is 443. The highest BCUT2D eigenvalue weighted by Gasteiger charge is 2.62. The molecule has 0 radical (unpaired) electrons. The van der Waals surface area contributed by atoms with Crippen molar-refractivity contribution in [1.29, 1.82) is 0 Å². The van der Waals surface area contributed by atoms with Crippen LogP contribution in [-0.2, 0) is 19.0 Å². The summed E-state index contributed by atoms with van der Waals surface area (Å²) in [4.78, 5) is 11.5. The van der Waals surface area contributed by atoms with Crippen molar-refractivity contribution >= 4 is 5.97 Å². The lowest BCUT2D eigenvalue weighted by Gasteiger charge is -2.42. The molecule has 2 aliphatic rings. The normalized spacial score (nSPS) is 50.9. The van der Waals surface area contributed by atoms with Gasteiger partial charge in [0, 0.05) is 0 Å². The zero-order valence-corrected chi connectivity index (χ0v) is 12.1. The quantitative estimate of drug-likeness (QED) is 0.262. The third kappa shape index (κ3) is 2.95. The second-order valence-corrected chi connectivity index (χ2v) is 5.55. The van der Waals surface area contributed by atoms with E-state index in [-0.39, 0.29) is 0 Å². The lowest BCUT2D eigenvalue weighted by atomic mass is 9.99. The first kappa shape index (κ1) is 18.4. The molecule has 0 aliphatic carbocycles. The molecule has 2 aliphatic heterocycles. The van der Waals surface area contributed by atoms with E-state index in [1.807, 2.05) is 0 Å². The summed E-state index contributed by atoms with van der Waals surface area (Å²) in [6.45, 7) is 0.558. The van der Waals surface area contributed by atoms with Crippen LogP contribution in [0.5, 0.6) is 0 Å². The van der Waals surface area contributed by atoms with Crippen LogP contribution in [0.3, 0.4) is 0 Å². The van der Waals surface area contributed by atoms with Crippen LogP contribution in [-0.4, -0.2) is 103 Å². The number of hydrogen-bond acceptors (Lipinski definition) is 10. The van der Waals surface area contributed by atoms with Gasteiger partial charge < -0.3 is 50.0 Å². The van der Waals surface area contributed by atoms with Crippen molar-refractivity contribution in [3.8, 4) is 0 Å². The molecule has 0 saturated carbocycles. The van der Waals surface area contributed by atoms with Gasteiger partial charge in [-0.3, -0.25) is 0 Å². The van der Waals surface area contributed by atoms with E-state index in [9.17, 15) is 35.4 Å². The van der Waals surface area contributed by atoms with E-state index in [4.69, 9.17) is 19.3 Å². The van der Waals surface area contributed by atoms with Gasteiger partial charge >= 0.3 is 11.8 Å². The van der Waals surface area contributed by atoms with E-state index in [2.05, 4.69) is 0 Å². The van der Waals surface area contributed by atoms with E-state index in [0.29, 0.717) is 0 Å². The van der Waals surface area contributed by atoms with Gasteiger partial charge in [0.2, 0.25) is 0 Å². The number of aliphatic carboxylic acids is 1. The SMILES string of the molecule is C[C@H]1O[C@](O[C@H]2O[C@H](CO)[C@@H](O)[C@H](O)[C@H]2O)(C(=O)O)[C@@H](O)[C@@H]1O. The van der Waals surface area contributed by atoms with Gasteiger partial charge in [0.05, 0.1) is 12.7 Å². The number of carboxylic acid groups (broad SMARTS) is 1. The fraction of sp³-hybridized carbons (Fsp3) is 0.917. The van der Waals surface area contributed by atoms with Gasteiger partial charge in [0.1, 0.15) is 36.6 Å². The van der Waals surface area contributed by atoms with Crippen LogP contribution >= 0.6 is 0 Å². The summed E-state index contributed by atoms with van der Waals surface area (Å²) < 4.78 is 15.0. The molecular weight excluding hydrogens is 320 g/mol. The molecule has 0 aromatic rings. The minimum absolute atomic E-state index is 0.743. The van der Waals surface area contributed by atoms with Gasteiger partial charge in [-0.15, -0.1) is 0 Å². The molecule has 0 spiro atoms. The third-order valence-electron chi connectivity index (χ3n) is 3.99. The molecule has 7 N–H and O–H groups in total. The zero-order valence-electron chi connectivity index (χ0n) is 12.1. The van der Waals surface area contributed by atoms with Crippen LogP contribution in [0.1, 0.15) is 6.92 Å². The first-order valence-corrected chi connectivity index (χ1v) is 6.91. The molecular formula is C12H20O11. The van der Waals surface area contributed by atoms with Gasteiger partial charge in [-0.2, -0.15) is 0 Å². The highest BCUT2D eigenvalue weighted by atomic mass is 16.8. The molecule has 2 saturated heterocycles. The van der Waals surface area contributed by atoms with Gasteiger partial charge in [-0.25, -0.2) is 4.79 Å². The van der Waals surface area contributed by atoms with Crippen molar-refractivity contribution in [1.82, 2.24) is 0 Å². The Morgan fingerprint density at radius 2 is 1.70 bits per heavy atom.